The largest absolute Gasteiger partial charge is 0.459 e. The van der Waals surface area contributed by atoms with Gasteiger partial charge in [0, 0.05) is 5.56 Å². The molecule has 0 bridgehead atoms. The van der Waals surface area contributed by atoms with E-state index in [0.717, 1.165) is 11.1 Å². The van der Waals surface area contributed by atoms with Crippen molar-refractivity contribution in [1.29, 1.82) is 0 Å². The highest BCUT2D eigenvalue weighted by atomic mass is 16.4. The summed E-state index contributed by atoms with van der Waals surface area (Å²) in [7, 11) is 0. The van der Waals surface area contributed by atoms with Crippen molar-refractivity contribution in [3.05, 3.63) is 59.9 Å². The van der Waals surface area contributed by atoms with Crippen LogP contribution in [0, 0.1) is 6.92 Å². The summed E-state index contributed by atoms with van der Waals surface area (Å²) in [6.45, 7) is 2.12. The van der Waals surface area contributed by atoms with Crippen LogP contribution in [0.5, 0.6) is 0 Å². The van der Waals surface area contributed by atoms with E-state index >= 15 is 0 Å². The molecule has 2 aromatic heterocycles. The summed E-state index contributed by atoms with van der Waals surface area (Å²) in [5, 5.41) is 10.6. The topological polar surface area (TPSA) is 81.2 Å². The second kappa shape index (κ2) is 5.62. The third-order valence-corrected chi connectivity index (χ3v) is 2.99. The van der Waals surface area contributed by atoms with Crippen LogP contribution >= 0.6 is 0 Å². The molecule has 0 spiro atoms. The van der Waals surface area contributed by atoms with Crippen LogP contribution < -0.4 is 5.32 Å². The number of nitrogens with one attached hydrogen (secondary N) is 1. The summed E-state index contributed by atoms with van der Waals surface area (Å²) < 4.78 is 10.5. The van der Waals surface area contributed by atoms with Gasteiger partial charge in [-0.2, -0.15) is 0 Å². The van der Waals surface area contributed by atoms with Gasteiger partial charge in [-0.05, 0) is 30.7 Å². The van der Waals surface area contributed by atoms with E-state index in [2.05, 4.69) is 15.5 Å². The molecule has 0 saturated heterocycles. The highest BCUT2D eigenvalue weighted by molar-refractivity contribution is 5.91. The van der Waals surface area contributed by atoms with Crippen molar-refractivity contribution in [2.24, 2.45) is 0 Å². The van der Waals surface area contributed by atoms with Gasteiger partial charge in [-0.1, -0.05) is 18.2 Å². The normalized spacial score (nSPS) is 10.5. The van der Waals surface area contributed by atoms with Gasteiger partial charge in [0.15, 0.2) is 5.76 Å². The van der Waals surface area contributed by atoms with Crippen molar-refractivity contribution < 1.29 is 13.6 Å². The van der Waals surface area contributed by atoms with Crippen LogP contribution in [-0.2, 0) is 6.54 Å². The Morgan fingerprint density at radius 2 is 2.05 bits per heavy atom. The zero-order valence-corrected chi connectivity index (χ0v) is 11.4. The molecule has 0 unspecified atom stereocenters. The average Bonchev–Trinajstić information content (AvgIpc) is 3.17. The van der Waals surface area contributed by atoms with Gasteiger partial charge in [0.2, 0.25) is 11.8 Å². The molecule has 6 nitrogen and oxygen atoms in total. The summed E-state index contributed by atoms with van der Waals surface area (Å²) in [5.41, 5.74) is 1.93. The van der Waals surface area contributed by atoms with E-state index in [9.17, 15) is 4.79 Å². The maximum atomic E-state index is 11.7. The number of rotatable bonds is 4. The molecule has 2 heterocycles. The van der Waals surface area contributed by atoms with Crippen molar-refractivity contribution in [2.45, 2.75) is 13.5 Å². The Hall–Kier alpha value is -2.89. The SMILES string of the molecule is Cc1ccccc1-c1nnc(CNC(=O)c2ccco2)o1. The van der Waals surface area contributed by atoms with Gasteiger partial charge in [-0.15, -0.1) is 10.2 Å². The smallest absolute Gasteiger partial charge is 0.287 e. The number of carbonyl (C=O) groups is 1. The van der Waals surface area contributed by atoms with Gasteiger partial charge >= 0.3 is 0 Å². The van der Waals surface area contributed by atoms with Crippen LogP contribution in [0.25, 0.3) is 11.5 Å². The molecule has 6 heteroatoms. The first-order chi connectivity index (χ1) is 10.2. The molecule has 1 aromatic carbocycles. The molecule has 3 rings (SSSR count). The summed E-state index contributed by atoms with van der Waals surface area (Å²) in [5.74, 6) is 0.702. The molecule has 0 atom stereocenters. The fourth-order valence-electron chi connectivity index (χ4n) is 1.90. The first kappa shape index (κ1) is 13.1. The average molecular weight is 283 g/mol. The lowest BCUT2D eigenvalue weighted by Gasteiger charge is -2.00. The standard InChI is InChI=1S/C15H13N3O3/c1-10-5-2-3-6-11(10)15-18-17-13(21-15)9-16-14(19)12-7-4-8-20-12/h2-8H,9H2,1H3,(H,16,19). The van der Waals surface area contributed by atoms with Crippen molar-refractivity contribution in [2.75, 3.05) is 0 Å². The first-order valence-corrected chi connectivity index (χ1v) is 6.44. The van der Waals surface area contributed by atoms with Crippen molar-refractivity contribution in [3.63, 3.8) is 0 Å². The molecule has 0 radical (unpaired) electrons. The maximum Gasteiger partial charge on any atom is 0.287 e. The van der Waals surface area contributed by atoms with E-state index in [1.807, 2.05) is 31.2 Å². The van der Waals surface area contributed by atoms with Gasteiger partial charge in [0.25, 0.3) is 5.91 Å². The summed E-state index contributed by atoms with van der Waals surface area (Å²) in [4.78, 5) is 11.7. The minimum Gasteiger partial charge on any atom is -0.459 e. The Kier molecular flexibility index (Phi) is 3.51. The fraction of sp³-hybridized carbons (Fsp3) is 0.133. The molecule has 0 fully saturated rings. The van der Waals surface area contributed by atoms with Crippen LogP contribution in [-0.4, -0.2) is 16.1 Å². The van der Waals surface area contributed by atoms with Gasteiger partial charge in [-0.25, -0.2) is 0 Å². The summed E-state index contributed by atoms with van der Waals surface area (Å²) in [6.07, 6.45) is 1.44. The molecule has 0 saturated carbocycles. The maximum absolute atomic E-state index is 11.7. The van der Waals surface area contributed by atoms with Crippen molar-refractivity contribution >= 4 is 5.91 Å². The van der Waals surface area contributed by atoms with Crippen LogP contribution in [0.3, 0.4) is 0 Å². The van der Waals surface area contributed by atoms with Crippen LogP contribution in [0.15, 0.2) is 51.5 Å². The van der Waals surface area contributed by atoms with E-state index < -0.39 is 0 Å². The predicted molar refractivity (Wildman–Crippen MR) is 74.3 cm³/mol. The molecule has 0 aliphatic heterocycles. The minimum atomic E-state index is -0.323. The lowest BCUT2D eigenvalue weighted by atomic mass is 10.1. The van der Waals surface area contributed by atoms with E-state index in [1.54, 1.807) is 12.1 Å². The molecular formula is C15H13N3O3. The second-order valence-corrected chi connectivity index (χ2v) is 4.48. The molecule has 1 amide bonds. The third kappa shape index (κ3) is 2.84. The zero-order chi connectivity index (χ0) is 14.7. The molecule has 1 N–H and O–H groups in total. The highest BCUT2D eigenvalue weighted by Crippen LogP contribution is 2.21. The van der Waals surface area contributed by atoms with E-state index in [0.29, 0.717) is 11.8 Å². The zero-order valence-electron chi connectivity index (χ0n) is 11.4. The Labute approximate surface area is 120 Å². The number of hydrogen-bond acceptors (Lipinski definition) is 5. The Bertz CT molecular complexity index is 747. The van der Waals surface area contributed by atoms with Crippen molar-refractivity contribution in [1.82, 2.24) is 15.5 Å². The summed E-state index contributed by atoms with van der Waals surface area (Å²) >= 11 is 0. The number of hydrogen-bond donors (Lipinski definition) is 1. The molecule has 0 aliphatic rings. The number of aryl methyl sites for hydroxylation is 1. The fourth-order valence-corrected chi connectivity index (χ4v) is 1.90. The molecule has 3 aromatic rings. The van der Waals surface area contributed by atoms with Gasteiger partial charge in [0.05, 0.1) is 12.8 Å². The third-order valence-electron chi connectivity index (χ3n) is 2.99. The molecule has 0 aliphatic carbocycles. The van der Waals surface area contributed by atoms with Crippen LogP contribution in [0.4, 0.5) is 0 Å². The first-order valence-electron chi connectivity index (χ1n) is 6.44. The molecule has 21 heavy (non-hydrogen) atoms. The molecule has 106 valence electrons. The Morgan fingerprint density at radius 1 is 1.19 bits per heavy atom. The highest BCUT2D eigenvalue weighted by Gasteiger charge is 2.13. The number of benzene rings is 1. The van der Waals surface area contributed by atoms with E-state index in [-0.39, 0.29) is 18.2 Å². The summed E-state index contributed by atoms with van der Waals surface area (Å²) in [6, 6.07) is 11.0. The Balaban J connectivity index is 1.69. The lowest BCUT2D eigenvalue weighted by molar-refractivity contribution is 0.0919. The van der Waals surface area contributed by atoms with Gasteiger partial charge in [0.1, 0.15) is 0 Å². The lowest BCUT2D eigenvalue weighted by Crippen LogP contribution is -2.22. The number of carbonyl (C=O) groups excluding carboxylic acids is 1. The van der Waals surface area contributed by atoms with E-state index in [1.165, 1.54) is 6.26 Å². The van der Waals surface area contributed by atoms with Crippen LogP contribution in [0.1, 0.15) is 22.0 Å². The van der Waals surface area contributed by atoms with Gasteiger partial charge in [-0.3, -0.25) is 4.79 Å². The minimum absolute atomic E-state index is 0.151. The van der Waals surface area contributed by atoms with Crippen molar-refractivity contribution in [3.8, 4) is 11.5 Å². The van der Waals surface area contributed by atoms with Crippen LogP contribution in [0.2, 0.25) is 0 Å². The number of furan rings is 1. The number of aromatic nitrogens is 2. The van der Waals surface area contributed by atoms with Gasteiger partial charge < -0.3 is 14.2 Å². The Morgan fingerprint density at radius 3 is 2.81 bits per heavy atom. The van der Waals surface area contributed by atoms with E-state index in [4.69, 9.17) is 8.83 Å². The predicted octanol–water partition coefficient (Wildman–Crippen LogP) is 2.57. The monoisotopic (exact) mass is 283 g/mol. The second-order valence-electron chi connectivity index (χ2n) is 4.48. The quantitative estimate of drug-likeness (QED) is 0.795. The molecular weight excluding hydrogens is 270 g/mol. The number of amides is 1. The number of nitrogens with zero attached hydrogens (tertiary/aromatic N) is 2.